The molecule has 1 fully saturated rings. The third kappa shape index (κ3) is 5.06. The molecule has 0 radical (unpaired) electrons. The maximum atomic E-state index is 13.0. The Bertz CT molecular complexity index is 996. The standard InChI is InChI=1S/C21H28N2O4S2/c1-2-22(18-19-10-6-5-7-11-19)28(24,25)20-12-14-21(15-13-20)29(26,27)23-16-8-3-4-9-17-23/h5-7,10-15H,2-4,8-9,16-18H2,1H3. The van der Waals surface area contributed by atoms with Crippen LogP contribution in [0.5, 0.6) is 0 Å². The summed E-state index contributed by atoms with van der Waals surface area (Å²) >= 11 is 0. The number of rotatable bonds is 7. The van der Waals surface area contributed by atoms with Crippen LogP contribution in [-0.4, -0.2) is 45.1 Å². The van der Waals surface area contributed by atoms with Crippen molar-refractivity contribution in [1.82, 2.24) is 8.61 Å². The highest BCUT2D eigenvalue weighted by Crippen LogP contribution is 2.24. The summed E-state index contributed by atoms with van der Waals surface area (Å²) in [6.45, 7) is 3.42. The van der Waals surface area contributed by atoms with Gasteiger partial charge in [0.2, 0.25) is 20.0 Å². The molecule has 6 nitrogen and oxygen atoms in total. The molecule has 1 saturated heterocycles. The maximum Gasteiger partial charge on any atom is 0.243 e. The van der Waals surface area contributed by atoms with Crippen LogP contribution in [0.1, 0.15) is 38.2 Å². The first kappa shape index (κ1) is 22.0. The van der Waals surface area contributed by atoms with Gasteiger partial charge in [-0.1, -0.05) is 50.1 Å². The molecule has 0 unspecified atom stereocenters. The highest BCUT2D eigenvalue weighted by Gasteiger charge is 2.27. The lowest BCUT2D eigenvalue weighted by Crippen LogP contribution is -2.32. The fourth-order valence-corrected chi connectivity index (χ4v) is 6.47. The zero-order chi connectivity index (χ0) is 20.9. The van der Waals surface area contributed by atoms with E-state index in [4.69, 9.17) is 0 Å². The monoisotopic (exact) mass is 436 g/mol. The number of hydrogen-bond donors (Lipinski definition) is 0. The van der Waals surface area contributed by atoms with Crippen molar-refractivity contribution >= 4 is 20.0 Å². The van der Waals surface area contributed by atoms with Crippen LogP contribution in [0.4, 0.5) is 0 Å². The van der Waals surface area contributed by atoms with Gasteiger partial charge in [0.05, 0.1) is 9.79 Å². The van der Waals surface area contributed by atoms with Crippen LogP contribution in [0.2, 0.25) is 0 Å². The van der Waals surface area contributed by atoms with Crippen LogP contribution < -0.4 is 0 Å². The minimum absolute atomic E-state index is 0.102. The van der Waals surface area contributed by atoms with Crippen molar-refractivity contribution in [2.75, 3.05) is 19.6 Å². The van der Waals surface area contributed by atoms with Gasteiger partial charge in [0, 0.05) is 26.2 Å². The Hall–Kier alpha value is -1.74. The topological polar surface area (TPSA) is 74.8 Å². The summed E-state index contributed by atoms with van der Waals surface area (Å²) in [5.74, 6) is 0. The van der Waals surface area contributed by atoms with E-state index in [-0.39, 0.29) is 16.3 Å². The summed E-state index contributed by atoms with van der Waals surface area (Å²) in [7, 11) is -7.31. The largest absolute Gasteiger partial charge is 0.243 e. The predicted octanol–water partition coefficient (Wildman–Crippen LogP) is 3.46. The van der Waals surface area contributed by atoms with E-state index < -0.39 is 20.0 Å². The number of nitrogens with zero attached hydrogens (tertiary/aromatic N) is 2. The van der Waals surface area contributed by atoms with E-state index in [0.717, 1.165) is 31.2 Å². The van der Waals surface area contributed by atoms with Gasteiger partial charge in [-0.05, 0) is 42.7 Å². The molecule has 0 N–H and O–H groups in total. The van der Waals surface area contributed by atoms with E-state index in [1.165, 1.54) is 32.9 Å². The van der Waals surface area contributed by atoms with Crippen molar-refractivity contribution in [2.24, 2.45) is 0 Å². The molecule has 158 valence electrons. The first-order chi connectivity index (χ1) is 13.9. The lowest BCUT2D eigenvalue weighted by molar-refractivity contribution is 0.421. The van der Waals surface area contributed by atoms with Crippen molar-refractivity contribution in [2.45, 2.75) is 48.9 Å². The molecule has 0 aliphatic carbocycles. The van der Waals surface area contributed by atoms with Crippen LogP contribution in [-0.2, 0) is 26.6 Å². The highest BCUT2D eigenvalue weighted by atomic mass is 32.2. The fraction of sp³-hybridized carbons (Fsp3) is 0.429. The third-order valence-electron chi connectivity index (χ3n) is 5.22. The van der Waals surface area contributed by atoms with Gasteiger partial charge in [0.15, 0.2) is 0 Å². The van der Waals surface area contributed by atoms with Gasteiger partial charge < -0.3 is 0 Å². The minimum Gasteiger partial charge on any atom is -0.207 e. The molecular weight excluding hydrogens is 408 g/mol. The SMILES string of the molecule is CCN(Cc1ccccc1)S(=O)(=O)c1ccc(S(=O)(=O)N2CCCCCC2)cc1. The number of benzene rings is 2. The van der Waals surface area contributed by atoms with Crippen molar-refractivity contribution in [3.63, 3.8) is 0 Å². The smallest absolute Gasteiger partial charge is 0.207 e. The Morgan fingerprint density at radius 1 is 0.793 bits per heavy atom. The van der Waals surface area contributed by atoms with Gasteiger partial charge >= 0.3 is 0 Å². The number of sulfonamides is 2. The maximum absolute atomic E-state index is 13.0. The Balaban J connectivity index is 1.82. The van der Waals surface area contributed by atoms with Gasteiger partial charge in [-0.15, -0.1) is 0 Å². The first-order valence-corrected chi connectivity index (χ1v) is 12.9. The van der Waals surface area contributed by atoms with E-state index in [0.29, 0.717) is 19.6 Å². The first-order valence-electron chi connectivity index (χ1n) is 10.00. The minimum atomic E-state index is -3.72. The van der Waals surface area contributed by atoms with Gasteiger partial charge in [0.1, 0.15) is 0 Å². The molecule has 0 aromatic heterocycles. The molecule has 3 rings (SSSR count). The van der Waals surface area contributed by atoms with E-state index in [9.17, 15) is 16.8 Å². The molecule has 0 amide bonds. The lowest BCUT2D eigenvalue weighted by Gasteiger charge is -2.22. The highest BCUT2D eigenvalue weighted by molar-refractivity contribution is 7.89. The molecule has 0 bridgehead atoms. The third-order valence-corrected chi connectivity index (χ3v) is 9.07. The van der Waals surface area contributed by atoms with Gasteiger partial charge in [0.25, 0.3) is 0 Å². The molecular formula is C21H28N2O4S2. The van der Waals surface area contributed by atoms with Crippen molar-refractivity contribution in [1.29, 1.82) is 0 Å². The van der Waals surface area contributed by atoms with Gasteiger partial charge in [-0.2, -0.15) is 8.61 Å². The van der Waals surface area contributed by atoms with Crippen molar-refractivity contribution < 1.29 is 16.8 Å². The van der Waals surface area contributed by atoms with Crippen LogP contribution in [0.25, 0.3) is 0 Å². The predicted molar refractivity (Wildman–Crippen MR) is 113 cm³/mol. The molecule has 1 aliphatic rings. The molecule has 2 aromatic carbocycles. The summed E-state index contributed by atoms with van der Waals surface area (Å²) < 4.78 is 54.8. The average Bonchev–Trinajstić information content (AvgIpc) is 3.03. The average molecular weight is 437 g/mol. The molecule has 1 heterocycles. The fourth-order valence-electron chi connectivity index (χ4n) is 3.52. The molecule has 1 aliphatic heterocycles. The summed E-state index contributed by atoms with van der Waals surface area (Å²) in [5.41, 5.74) is 0.901. The second-order valence-corrected chi connectivity index (χ2v) is 11.1. The van der Waals surface area contributed by atoms with Gasteiger partial charge in [-0.3, -0.25) is 0 Å². The van der Waals surface area contributed by atoms with E-state index in [1.54, 1.807) is 6.92 Å². The second kappa shape index (κ2) is 9.38. The zero-order valence-corrected chi connectivity index (χ0v) is 18.3. The van der Waals surface area contributed by atoms with E-state index >= 15 is 0 Å². The Labute approximate surface area is 174 Å². The molecule has 2 aromatic rings. The van der Waals surface area contributed by atoms with Crippen LogP contribution in [0.3, 0.4) is 0 Å². The summed E-state index contributed by atoms with van der Waals surface area (Å²) in [4.78, 5) is 0.245. The quantitative estimate of drug-likeness (QED) is 0.666. The lowest BCUT2D eigenvalue weighted by atomic mass is 10.2. The normalized spacial score (nSPS) is 16.6. The molecule has 8 heteroatoms. The second-order valence-electron chi connectivity index (χ2n) is 7.21. The Morgan fingerprint density at radius 2 is 1.34 bits per heavy atom. The summed E-state index contributed by atoms with van der Waals surface area (Å²) in [6.07, 6.45) is 3.79. The molecule has 0 spiro atoms. The van der Waals surface area contributed by atoms with E-state index in [2.05, 4.69) is 0 Å². The Kier molecular flexibility index (Phi) is 7.10. The summed E-state index contributed by atoms with van der Waals surface area (Å²) in [6, 6.07) is 15.0. The van der Waals surface area contributed by atoms with E-state index in [1.807, 2.05) is 30.3 Å². The Morgan fingerprint density at radius 3 is 1.90 bits per heavy atom. The molecule has 29 heavy (non-hydrogen) atoms. The van der Waals surface area contributed by atoms with Crippen molar-refractivity contribution in [3.8, 4) is 0 Å². The van der Waals surface area contributed by atoms with Crippen molar-refractivity contribution in [3.05, 3.63) is 60.2 Å². The van der Waals surface area contributed by atoms with Crippen LogP contribution in [0, 0.1) is 0 Å². The molecule has 0 saturated carbocycles. The number of hydrogen-bond acceptors (Lipinski definition) is 4. The van der Waals surface area contributed by atoms with Crippen LogP contribution in [0.15, 0.2) is 64.4 Å². The van der Waals surface area contributed by atoms with Gasteiger partial charge in [-0.25, -0.2) is 16.8 Å². The summed E-state index contributed by atoms with van der Waals surface area (Å²) in [5, 5.41) is 0. The zero-order valence-electron chi connectivity index (χ0n) is 16.7. The van der Waals surface area contributed by atoms with Crippen LogP contribution >= 0.6 is 0 Å². The molecule has 0 atom stereocenters.